The smallest absolute Gasteiger partial charge is 0.243 e. The number of rotatable bonds is 9. The zero-order chi connectivity index (χ0) is 24.7. The SMILES string of the molecule is O=C(CN1CCN(C(=O)CCCc2ccccc2)CC1)Nc1cccc(S(=O)(=O)N2CCCC2)c1. The molecule has 4 rings (SSSR count). The van der Waals surface area contributed by atoms with Crippen LogP contribution in [0.3, 0.4) is 0 Å². The molecule has 0 bridgehead atoms. The summed E-state index contributed by atoms with van der Waals surface area (Å²) in [5, 5.41) is 2.83. The van der Waals surface area contributed by atoms with E-state index >= 15 is 0 Å². The molecule has 2 fully saturated rings. The van der Waals surface area contributed by atoms with Gasteiger partial charge in [-0.3, -0.25) is 14.5 Å². The van der Waals surface area contributed by atoms with Gasteiger partial charge in [0.25, 0.3) is 0 Å². The van der Waals surface area contributed by atoms with Crippen LogP contribution in [-0.2, 0) is 26.0 Å². The van der Waals surface area contributed by atoms with E-state index in [4.69, 9.17) is 0 Å². The largest absolute Gasteiger partial charge is 0.340 e. The molecule has 2 aromatic rings. The Labute approximate surface area is 207 Å². The molecule has 0 unspecified atom stereocenters. The van der Waals surface area contributed by atoms with Crippen molar-refractivity contribution in [2.24, 2.45) is 0 Å². The number of aryl methyl sites for hydroxylation is 1. The Bertz CT molecular complexity index is 1110. The molecule has 2 amide bonds. The van der Waals surface area contributed by atoms with Crippen LogP contribution < -0.4 is 5.32 Å². The zero-order valence-corrected chi connectivity index (χ0v) is 20.9. The van der Waals surface area contributed by atoms with Crippen LogP contribution in [0.1, 0.15) is 31.2 Å². The highest BCUT2D eigenvalue weighted by molar-refractivity contribution is 7.89. The number of hydrogen-bond acceptors (Lipinski definition) is 5. The Hall–Kier alpha value is -2.75. The van der Waals surface area contributed by atoms with Gasteiger partial charge in [0.15, 0.2) is 0 Å². The first-order valence-corrected chi connectivity index (χ1v) is 13.8. The van der Waals surface area contributed by atoms with Gasteiger partial charge in [0.2, 0.25) is 21.8 Å². The first-order valence-electron chi connectivity index (χ1n) is 12.4. The molecular weight excluding hydrogens is 464 g/mol. The Kier molecular flexibility index (Phi) is 8.54. The molecule has 0 aromatic heterocycles. The van der Waals surface area contributed by atoms with Gasteiger partial charge >= 0.3 is 0 Å². The van der Waals surface area contributed by atoms with Crippen molar-refractivity contribution in [1.29, 1.82) is 0 Å². The molecule has 188 valence electrons. The van der Waals surface area contributed by atoms with Gasteiger partial charge in [0.05, 0.1) is 11.4 Å². The summed E-state index contributed by atoms with van der Waals surface area (Å²) < 4.78 is 27.1. The van der Waals surface area contributed by atoms with Crippen LogP contribution in [-0.4, -0.2) is 80.2 Å². The zero-order valence-electron chi connectivity index (χ0n) is 20.1. The van der Waals surface area contributed by atoms with Crippen molar-refractivity contribution >= 4 is 27.5 Å². The number of carbonyl (C=O) groups is 2. The van der Waals surface area contributed by atoms with Crippen LogP contribution in [0.25, 0.3) is 0 Å². The number of nitrogens with one attached hydrogen (secondary N) is 1. The predicted molar refractivity (Wildman–Crippen MR) is 135 cm³/mol. The van der Waals surface area contributed by atoms with E-state index in [9.17, 15) is 18.0 Å². The molecule has 0 radical (unpaired) electrons. The molecule has 35 heavy (non-hydrogen) atoms. The molecular formula is C26H34N4O4S. The number of hydrogen-bond donors (Lipinski definition) is 1. The fourth-order valence-corrected chi connectivity index (χ4v) is 6.18. The molecule has 0 spiro atoms. The van der Waals surface area contributed by atoms with Gasteiger partial charge in [-0.2, -0.15) is 4.31 Å². The monoisotopic (exact) mass is 498 g/mol. The second-order valence-electron chi connectivity index (χ2n) is 9.18. The van der Waals surface area contributed by atoms with E-state index < -0.39 is 10.0 Å². The molecule has 0 saturated carbocycles. The van der Waals surface area contributed by atoms with Crippen molar-refractivity contribution in [3.05, 3.63) is 60.2 Å². The van der Waals surface area contributed by atoms with Crippen molar-refractivity contribution in [3.8, 4) is 0 Å². The number of benzene rings is 2. The van der Waals surface area contributed by atoms with Crippen LogP contribution in [0.2, 0.25) is 0 Å². The fourth-order valence-electron chi connectivity index (χ4n) is 4.62. The topological polar surface area (TPSA) is 90.0 Å². The van der Waals surface area contributed by atoms with Gasteiger partial charge in [-0.25, -0.2) is 8.42 Å². The maximum Gasteiger partial charge on any atom is 0.243 e. The number of anilines is 1. The van der Waals surface area contributed by atoms with E-state index in [1.54, 1.807) is 18.2 Å². The maximum absolute atomic E-state index is 12.8. The Morgan fingerprint density at radius 3 is 2.29 bits per heavy atom. The first-order chi connectivity index (χ1) is 16.9. The van der Waals surface area contributed by atoms with E-state index in [1.807, 2.05) is 28.0 Å². The lowest BCUT2D eigenvalue weighted by atomic mass is 10.1. The highest BCUT2D eigenvalue weighted by Crippen LogP contribution is 2.23. The minimum atomic E-state index is -3.53. The number of piperazine rings is 1. The molecule has 2 aromatic carbocycles. The summed E-state index contributed by atoms with van der Waals surface area (Å²) >= 11 is 0. The van der Waals surface area contributed by atoms with Gasteiger partial charge in [-0.1, -0.05) is 36.4 Å². The van der Waals surface area contributed by atoms with Gasteiger partial charge in [0.1, 0.15) is 0 Å². The third-order valence-corrected chi connectivity index (χ3v) is 8.51. The molecule has 2 heterocycles. The quantitative estimate of drug-likeness (QED) is 0.574. The van der Waals surface area contributed by atoms with E-state index in [0.717, 1.165) is 25.7 Å². The third kappa shape index (κ3) is 6.90. The van der Waals surface area contributed by atoms with Gasteiger partial charge in [-0.15, -0.1) is 0 Å². The summed E-state index contributed by atoms with van der Waals surface area (Å²) in [4.78, 5) is 29.2. The minimum absolute atomic E-state index is 0.168. The number of sulfonamides is 1. The average Bonchev–Trinajstić information content (AvgIpc) is 3.41. The van der Waals surface area contributed by atoms with Crippen LogP contribution in [0, 0.1) is 0 Å². The van der Waals surface area contributed by atoms with Crippen LogP contribution in [0.15, 0.2) is 59.5 Å². The first kappa shape index (κ1) is 25.3. The summed E-state index contributed by atoms with van der Waals surface area (Å²) in [5.41, 5.74) is 1.72. The van der Waals surface area contributed by atoms with Crippen molar-refractivity contribution in [2.75, 3.05) is 51.1 Å². The van der Waals surface area contributed by atoms with Crippen molar-refractivity contribution < 1.29 is 18.0 Å². The normalized spacial score (nSPS) is 17.4. The summed E-state index contributed by atoms with van der Waals surface area (Å²) in [6.07, 6.45) is 4.02. The number of amides is 2. The second kappa shape index (κ2) is 11.8. The highest BCUT2D eigenvalue weighted by Gasteiger charge is 2.27. The summed E-state index contributed by atoms with van der Waals surface area (Å²) in [7, 11) is -3.53. The molecule has 2 aliphatic heterocycles. The summed E-state index contributed by atoms with van der Waals surface area (Å²) in [6, 6.07) is 16.6. The maximum atomic E-state index is 12.8. The lowest BCUT2D eigenvalue weighted by Gasteiger charge is -2.34. The Balaban J connectivity index is 1.20. The fraction of sp³-hybridized carbons (Fsp3) is 0.462. The lowest BCUT2D eigenvalue weighted by Crippen LogP contribution is -2.50. The predicted octanol–water partition coefficient (Wildman–Crippen LogP) is 2.58. The van der Waals surface area contributed by atoms with E-state index in [-0.39, 0.29) is 23.3 Å². The van der Waals surface area contributed by atoms with Crippen LogP contribution in [0.5, 0.6) is 0 Å². The van der Waals surface area contributed by atoms with E-state index in [0.29, 0.717) is 51.4 Å². The van der Waals surface area contributed by atoms with Gasteiger partial charge in [0, 0.05) is 51.4 Å². The minimum Gasteiger partial charge on any atom is -0.340 e. The average molecular weight is 499 g/mol. The van der Waals surface area contributed by atoms with Crippen molar-refractivity contribution in [2.45, 2.75) is 37.0 Å². The molecule has 8 nitrogen and oxygen atoms in total. The molecule has 2 saturated heterocycles. The lowest BCUT2D eigenvalue weighted by molar-refractivity contribution is -0.133. The summed E-state index contributed by atoms with van der Waals surface area (Å²) in [5.74, 6) is -0.0237. The molecule has 0 aliphatic carbocycles. The number of nitrogens with zero attached hydrogens (tertiary/aromatic N) is 3. The van der Waals surface area contributed by atoms with Gasteiger partial charge < -0.3 is 10.2 Å². The molecule has 0 atom stereocenters. The number of carbonyl (C=O) groups excluding carboxylic acids is 2. The van der Waals surface area contributed by atoms with Gasteiger partial charge in [-0.05, 0) is 49.4 Å². The third-order valence-electron chi connectivity index (χ3n) is 6.61. The van der Waals surface area contributed by atoms with Crippen LogP contribution in [0.4, 0.5) is 5.69 Å². The molecule has 2 aliphatic rings. The second-order valence-corrected chi connectivity index (χ2v) is 11.1. The molecule has 9 heteroatoms. The van der Waals surface area contributed by atoms with Crippen LogP contribution >= 0.6 is 0 Å². The Morgan fingerprint density at radius 1 is 0.857 bits per heavy atom. The van der Waals surface area contributed by atoms with Crippen molar-refractivity contribution in [1.82, 2.24) is 14.1 Å². The van der Waals surface area contributed by atoms with Crippen molar-refractivity contribution in [3.63, 3.8) is 0 Å². The van der Waals surface area contributed by atoms with E-state index in [1.165, 1.54) is 15.9 Å². The summed E-state index contributed by atoms with van der Waals surface area (Å²) in [6.45, 7) is 3.80. The molecule has 1 N–H and O–H groups in total. The Morgan fingerprint density at radius 2 is 1.57 bits per heavy atom. The standard InChI is InChI=1S/C26H34N4O4S/c31-25(27-23-11-7-12-24(20-23)35(33,34)30-14-4-5-15-30)21-28-16-18-29(19-17-28)26(32)13-6-10-22-8-2-1-3-9-22/h1-3,7-9,11-12,20H,4-6,10,13-19,21H2,(H,27,31). The highest BCUT2D eigenvalue weighted by atomic mass is 32.2. The van der Waals surface area contributed by atoms with E-state index in [2.05, 4.69) is 17.4 Å².